The van der Waals surface area contributed by atoms with Crippen molar-refractivity contribution in [3.8, 4) is 0 Å². The van der Waals surface area contributed by atoms with Crippen molar-refractivity contribution < 1.29 is 61.6 Å². The van der Waals surface area contributed by atoms with Gasteiger partial charge < -0.3 is 61.6 Å². The molecule has 0 saturated carbocycles. The van der Waals surface area contributed by atoms with Gasteiger partial charge in [-0.05, 0) is 0 Å². The summed E-state index contributed by atoms with van der Waals surface area (Å²) in [5, 5.41) is 0. The maximum absolute atomic E-state index is 6.29. The molecule has 0 radical (unpaired) electrons. The van der Waals surface area contributed by atoms with E-state index in [1.165, 1.54) is 0 Å². The van der Waals surface area contributed by atoms with Gasteiger partial charge in [-0.25, -0.2) is 0 Å². The molecule has 0 unspecified atom stereocenters. The van der Waals surface area contributed by atoms with Crippen molar-refractivity contribution in [3.05, 3.63) is 0 Å². The second-order valence-corrected chi connectivity index (χ2v) is 8.67. The zero-order valence-electron chi connectivity index (χ0n) is 22.4. The summed E-state index contributed by atoms with van der Waals surface area (Å²) in [4.78, 5) is 0. The summed E-state index contributed by atoms with van der Waals surface area (Å²) in [7, 11) is 12.6. The molecule has 3 heterocycles. The first-order valence-electron chi connectivity index (χ1n) is 11.9. The largest absolute Gasteiger partial charge is 0.376 e. The molecule has 0 amide bonds. The van der Waals surface area contributed by atoms with Gasteiger partial charge in [0, 0.05) is 56.9 Å². The van der Waals surface area contributed by atoms with Gasteiger partial charge in [0.15, 0.2) is 18.9 Å². The Bertz CT molecular complexity index is 575. The van der Waals surface area contributed by atoms with Crippen LogP contribution in [0.3, 0.4) is 0 Å². The van der Waals surface area contributed by atoms with Crippen LogP contribution in [0.15, 0.2) is 0 Å². The Kier molecular flexibility index (Phi) is 12.2. The fourth-order valence-corrected chi connectivity index (χ4v) is 5.05. The molecule has 0 aliphatic carbocycles. The molecule has 3 aliphatic heterocycles. The number of hydrogen-bond acceptors (Lipinski definition) is 13. The highest BCUT2D eigenvalue weighted by molar-refractivity contribution is 4.92. The molecule has 13 nitrogen and oxygen atoms in total. The van der Waals surface area contributed by atoms with Gasteiger partial charge >= 0.3 is 0 Å². The van der Waals surface area contributed by atoms with Gasteiger partial charge in [-0.1, -0.05) is 0 Å². The van der Waals surface area contributed by atoms with Crippen molar-refractivity contribution in [2.24, 2.45) is 0 Å². The molecule has 0 bridgehead atoms. The van der Waals surface area contributed by atoms with Crippen molar-refractivity contribution in [2.45, 2.75) is 73.8 Å². The molecule has 3 rings (SSSR count). The highest BCUT2D eigenvalue weighted by Crippen LogP contribution is 2.31. The van der Waals surface area contributed by atoms with E-state index in [0.29, 0.717) is 0 Å². The zero-order chi connectivity index (χ0) is 26.2. The minimum atomic E-state index is -0.780. The van der Waals surface area contributed by atoms with Crippen molar-refractivity contribution >= 4 is 0 Å². The summed E-state index contributed by atoms with van der Waals surface area (Å²) < 4.78 is 75.2. The fourth-order valence-electron chi connectivity index (χ4n) is 5.05. The van der Waals surface area contributed by atoms with E-state index >= 15 is 0 Å². The molecule has 0 aromatic heterocycles. The van der Waals surface area contributed by atoms with Gasteiger partial charge in [-0.3, -0.25) is 0 Å². The fraction of sp³-hybridized carbons (Fsp3) is 1.00. The lowest BCUT2D eigenvalue weighted by Gasteiger charge is -2.46. The Morgan fingerprint density at radius 3 is 1.06 bits per heavy atom. The quantitative estimate of drug-likeness (QED) is 0.328. The standard InChI is InChI=1S/C23H42O13/c1-24-12-9-33-22(19(29-6)15(12)25-2)36-14-11-34-23(20(30-7)17(14)27-4)35-13-10-32-21(31-8)18(28-5)16(13)26-3/h12-23H,9-11H2,1-8H3/t12-,13-,14-,15+,16+,17+,18-,19-,20-,21-,22+,23+/m1/s1. The van der Waals surface area contributed by atoms with Crippen molar-refractivity contribution in [1.82, 2.24) is 0 Å². The number of methoxy groups -OCH3 is 8. The summed E-state index contributed by atoms with van der Waals surface area (Å²) >= 11 is 0. The van der Waals surface area contributed by atoms with Crippen LogP contribution >= 0.6 is 0 Å². The van der Waals surface area contributed by atoms with E-state index in [0.717, 1.165) is 0 Å². The third-order valence-corrected chi connectivity index (χ3v) is 6.94. The lowest BCUT2D eigenvalue weighted by molar-refractivity contribution is -0.355. The molecule has 0 aromatic carbocycles. The maximum atomic E-state index is 6.29. The lowest BCUT2D eigenvalue weighted by atomic mass is 10.0. The maximum Gasteiger partial charge on any atom is 0.187 e. The number of ether oxygens (including phenoxy) is 13. The predicted molar refractivity (Wildman–Crippen MR) is 122 cm³/mol. The minimum Gasteiger partial charge on any atom is -0.376 e. The molecule has 0 spiro atoms. The number of hydrogen-bond donors (Lipinski definition) is 0. The highest BCUT2D eigenvalue weighted by atomic mass is 16.8. The predicted octanol–water partition coefficient (Wildman–Crippen LogP) is -0.423. The van der Waals surface area contributed by atoms with Gasteiger partial charge in [0.25, 0.3) is 0 Å². The molecular formula is C23H42O13. The molecule has 3 fully saturated rings. The van der Waals surface area contributed by atoms with Crippen LogP contribution in [0.4, 0.5) is 0 Å². The average molecular weight is 527 g/mol. The summed E-state index contributed by atoms with van der Waals surface area (Å²) in [6, 6.07) is 0. The van der Waals surface area contributed by atoms with Crippen LogP contribution in [0.5, 0.6) is 0 Å². The van der Waals surface area contributed by atoms with Gasteiger partial charge in [-0.15, -0.1) is 0 Å². The zero-order valence-corrected chi connectivity index (χ0v) is 22.4. The molecule has 13 heteroatoms. The molecule has 12 atom stereocenters. The third-order valence-electron chi connectivity index (χ3n) is 6.94. The van der Waals surface area contributed by atoms with Crippen LogP contribution < -0.4 is 0 Å². The molecule has 212 valence electrons. The highest BCUT2D eigenvalue weighted by Gasteiger charge is 2.50. The SMILES string of the molecule is CO[C@@H]1OC[C@@H](O[C@@H]2OC[C@@H](O[C@@H]3OC[C@@H](OC)[C@H](OC)[C@H]3OC)[C@H](OC)[C@H]2OC)[C@H](OC)[C@H]1OC. The van der Waals surface area contributed by atoms with Crippen LogP contribution in [-0.4, -0.2) is 151 Å². The summed E-state index contributed by atoms with van der Waals surface area (Å²) in [6.07, 6.45) is -6.42. The Morgan fingerprint density at radius 2 is 0.694 bits per heavy atom. The second kappa shape index (κ2) is 14.6. The summed E-state index contributed by atoms with van der Waals surface area (Å²) in [6.45, 7) is 0.660. The van der Waals surface area contributed by atoms with Crippen LogP contribution in [0.1, 0.15) is 0 Å². The van der Waals surface area contributed by atoms with Crippen molar-refractivity contribution in [2.75, 3.05) is 76.7 Å². The van der Waals surface area contributed by atoms with Crippen LogP contribution in [0.25, 0.3) is 0 Å². The third kappa shape index (κ3) is 6.37. The van der Waals surface area contributed by atoms with Gasteiger partial charge in [0.1, 0.15) is 54.9 Å². The van der Waals surface area contributed by atoms with E-state index in [4.69, 9.17) is 61.6 Å². The van der Waals surface area contributed by atoms with Gasteiger partial charge in [0.05, 0.1) is 19.8 Å². The van der Waals surface area contributed by atoms with E-state index < -0.39 is 61.6 Å². The summed E-state index contributed by atoms with van der Waals surface area (Å²) in [5.41, 5.74) is 0. The Morgan fingerprint density at radius 1 is 0.361 bits per heavy atom. The lowest BCUT2D eigenvalue weighted by Crippen LogP contribution is -2.63. The minimum absolute atomic E-state index is 0.157. The smallest absolute Gasteiger partial charge is 0.187 e. The first-order valence-corrected chi connectivity index (χ1v) is 11.9. The van der Waals surface area contributed by atoms with Gasteiger partial charge in [0.2, 0.25) is 0 Å². The second-order valence-electron chi connectivity index (χ2n) is 8.67. The molecule has 0 N–H and O–H groups in total. The number of rotatable bonds is 12. The molecule has 3 aliphatic rings. The molecule has 36 heavy (non-hydrogen) atoms. The first-order chi connectivity index (χ1) is 17.5. The van der Waals surface area contributed by atoms with E-state index in [1.807, 2.05) is 0 Å². The molecule has 3 saturated heterocycles. The van der Waals surface area contributed by atoms with Crippen LogP contribution in [0, 0.1) is 0 Å². The Labute approximate surface area is 212 Å². The molecule has 0 aromatic rings. The van der Waals surface area contributed by atoms with Crippen LogP contribution in [0.2, 0.25) is 0 Å². The monoisotopic (exact) mass is 526 g/mol. The van der Waals surface area contributed by atoms with Crippen molar-refractivity contribution in [1.29, 1.82) is 0 Å². The van der Waals surface area contributed by atoms with E-state index in [2.05, 4.69) is 0 Å². The van der Waals surface area contributed by atoms with E-state index in [-0.39, 0.29) is 32.0 Å². The molecular weight excluding hydrogens is 484 g/mol. The van der Waals surface area contributed by atoms with Crippen LogP contribution in [-0.2, 0) is 61.6 Å². The normalized spacial score (nSPS) is 44.0. The summed E-state index contributed by atoms with van der Waals surface area (Å²) in [5.74, 6) is 0. The van der Waals surface area contributed by atoms with Crippen molar-refractivity contribution in [3.63, 3.8) is 0 Å². The average Bonchev–Trinajstić information content (AvgIpc) is 2.92. The van der Waals surface area contributed by atoms with Gasteiger partial charge in [-0.2, -0.15) is 0 Å². The topological polar surface area (TPSA) is 120 Å². The Balaban J connectivity index is 1.68. The van der Waals surface area contributed by atoms with E-state index in [1.54, 1.807) is 56.9 Å². The first kappa shape index (κ1) is 30.0. The Hall–Kier alpha value is -0.520. The van der Waals surface area contributed by atoms with E-state index in [9.17, 15) is 0 Å².